The first-order valence-electron chi connectivity index (χ1n) is 34.1. The van der Waals surface area contributed by atoms with E-state index < -0.39 is 6.10 Å². The average molecular weight is 1100 g/mol. The van der Waals surface area contributed by atoms with Crippen molar-refractivity contribution in [2.45, 2.75) is 348 Å². The van der Waals surface area contributed by atoms with Crippen LogP contribution in [0.2, 0.25) is 0 Å². The molecule has 0 aromatic heterocycles. The van der Waals surface area contributed by atoms with Crippen LogP contribution >= 0.6 is 0 Å². The molecule has 0 radical (unpaired) electrons. The molecule has 456 valence electrons. The molecule has 0 spiro atoms. The van der Waals surface area contributed by atoms with Crippen molar-refractivity contribution in [1.82, 2.24) is 0 Å². The zero-order valence-electron chi connectivity index (χ0n) is 52.4. The molecule has 0 bridgehead atoms. The molecule has 0 rings (SSSR count). The van der Waals surface area contributed by atoms with Crippen LogP contribution in [0.4, 0.5) is 0 Å². The molecule has 0 N–H and O–H groups in total. The minimum atomic E-state index is -0.791. The van der Waals surface area contributed by atoms with Gasteiger partial charge in [0, 0.05) is 19.3 Å². The van der Waals surface area contributed by atoms with Gasteiger partial charge in [-0.3, -0.25) is 14.4 Å². The van der Waals surface area contributed by atoms with Crippen molar-refractivity contribution in [3.63, 3.8) is 0 Å². The van der Waals surface area contributed by atoms with Gasteiger partial charge < -0.3 is 14.2 Å². The van der Waals surface area contributed by atoms with Crippen molar-refractivity contribution in [3.8, 4) is 0 Å². The van der Waals surface area contributed by atoms with Crippen molar-refractivity contribution < 1.29 is 28.6 Å². The molecule has 0 saturated heterocycles. The second kappa shape index (κ2) is 67.1. The number of esters is 3. The van der Waals surface area contributed by atoms with Crippen molar-refractivity contribution in [2.24, 2.45) is 0 Å². The van der Waals surface area contributed by atoms with E-state index in [1.165, 1.54) is 180 Å². The van der Waals surface area contributed by atoms with Gasteiger partial charge in [0.2, 0.25) is 0 Å². The van der Waals surface area contributed by atoms with Crippen molar-refractivity contribution >= 4 is 17.9 Å². The Hall–Kier alpha value is -3.41. The largest absolute Gasteiger partial charge is 0.462 e. The molecule has 0 aromatic rings. The molecule has 0 aromatic carbocycles. The van der Waals surface area contributed by atoms with Crippen molar-refractivity contribution in [2.75, 3.05) is 13.2 Å². The third-order valence-corrected chi connectivity index (χ3v) is 14.8. The highest BCUT2D eigenvalue weighted by atomic mass is 16.6. The molecule has 1 unspecified atom stereocenters. The fraction of sp³-hybridized carbons (Fsp3) is 0.767. The Morgan fingerprint density at radius 2 is 0.481 bits per heavy atom. The van der Waals surface area contributed by atoms with Crippen LogP contribution in [0.15, 0.2) is 85.1 Å². The van der Waals surface area contributed by atoms with E-state index in [1.54, 1.807) is 0 Å². The fourth-order valence-electron chi connectivity index (χ4n) is 9.70. The summed E-state index contributed by atoms with van der Waals surface area (Å²) in [4.78, 5) is 38.4. The first kappa shape index (κ1) is 75.6. The topological polar surface area (TPSA) is 78.9 Å². The van der Waals surface area contributed by atoms with E-state index in [1.807, 2.05) is 0 Å². The van der Waals surface area contributed by atoms with Gasteiger partial charge in [-0.2, -0.15) is 0 Å². The third-order valence-electron chi connectivity index (χ3n) is 14.8. The van der Waals surface area contributed by atoms with Gasteiger partial charge in [-0.05, 0) is 116 Å². The quantitative estimate of drug-likeness (QED) is 0.0261. The van der Waals surface area contributed by atoms with Crippen LogP contribution in [0.3, 0.4) is 0 Å². The molecule has 1 atom stereocenters. The zero-order chi connectivity index (χ0) is 57.1. The molecule has 79 heavy (non-hydrogen) atoms. The SMILES string of the molecule is CCC/C=C\C/C=C\CCCCCCCC(=O)OCC(COC(=O)CCCCCCCCCCCCCCCCC/C=C\C/C=C\CCCCCCC)OC(=O)CCCCCCCC/C=C\C/C=C\C/C=C\CCCCCCC. The molecule has 0 heterocycles. The average Bonchev–Trinajstić information content (AvgIpc) is 3.45. The molecule has 0 aliphatic carbocycles. The predicted molar refractivity (Wildman–Crippen MR) is 344 cm³/mol. The number of unbranched alkanes of at least 4 members (excludes halogenated alkanes) is 37. The lowest BCUT2D eigenvalue weighted by atomic mass is 10.0. The van der Waals surface area contributed by atoms with Crippen LogP contribution in [0, 0.1) is 0 Å². The van der Waals surface area contributed by atoms with E-state index in [2.05, 4.69) is 106 Å². The van der Waals surface area contributed by atoms with Crippen LogP contribution < -0.4 is 0 Å². The van der Waals surface area contributed by atoms with E-state index in [0.29, 0.717) is 19.3 Å². The van der Waals surface area contributed by atoms with Gasteiger partial charge in [0.15, 0.2) is 6.10 Å². The summed E-state index contributed by atoms with van der Waals surface area (Å²) in [6.45, 7) is 6.57. The Kier molecular flexibility index (Phi) is 64.2. The summed E-state index contributed by atoms with van der Waals surface area (Å²) in [7, 11) is 0. The standard InChI is InChI=1S/C73H128O6/c1-4-7-10-13-16-19-22-25-27-29-31-33-34-35-36-37-38-40-41-43-45-48-51-54-57-60-63-66-72(75)78-69-70(68-77-71(74)65-62-59-56-53-50-47-24-21-18-15-12-9-6-3)79-73(76)67-64-61-58-55-52-49-46-44-42-39-32-30-28-26-23-20-17-14-11-8-5-2/h12,15,21-26,29-32,42,44,70H,4-11,13-14,16-20,27-28,33-41,43,45-69H2,1-3H3/b15-12-,24-21-,25-22-,26-23-,31-29-,32-30-,44-42-. The first-order chi connectivity index (χ1) is 39.0. The summed E-state index contributed by atoms with van der Waals surface area (Å²) >= 11 is 0. The zero-order valence-corrected chi connectivity index (χ0v) is 52.4. The lowest BCUT2D eigenvalue weighted by Crippen LogP contribution is -2.30. The first-order valence-corrected chi connectivity index (χ1v) is 34.1. The molecule has 6 heteroatoms. The van der Waals surface area contributed by atoms with E-state index >= 15 is 0 Å². The monoisotopic (exact) mass is 1100 g/mol. The fourth-order valence-corrected chi connectivity index (χ4v) is 9.70. The summed E-state index contributed by atoms with van der Waals surface area (Å²) in [5, 5.41) is 0. The molecular weight excluding hydrogens is 973 g/mol. The number of carbonyl (C=O) groups excluding carboxylic acids is 3. The maximum Gasteiger partial charge on any atom is 0.306 e. The van der Waals surface area contributed by atoms with Crippen LogP contribution in [0.25, 0.3) is 0 Å². The Morgan fingerprint density at radius 1 is 0.253 bits per heavy atom. The molecule has 6 nitrogen and oxygen atoms in total. The number of rotatable bonds is 62. The number of allylic oxidation sites excluding steroid dienone is 14. The Morgan fingerprint density at radius 3 is 0.759 bits per heavy atom. The molecule has 0 amide bonds. The van der Waals surface area contributed by atoms with E-state index in [4.69, 9.17) is 14.2 Å². The summed E-state index contributed by atoms with van der Waals surface area (Å²) < 4.78 is 16.9. The number of carbonyl (C=O) groups is 3. The second-order valence-electron chi connectivity index (χ2n) is 22.7. The predicted octanol–water partition coefficient (Wildman–Crippen LogP) is 23.4. The second-order valence-corrected chi connectivity index (χ2v) is 22.7. The number of hydrogen-bond acceptors (Lipinski definition) is 6. The summed E-state index contributed by atoms with van der Waals surface area (Å²) in [5.41, 5.74) is 0. The highest BCUT2D eigenvalue weighted by molar-refractivity contribution is 5.71. The van der Waals surface area contributed by atoms with Crippen LogP contribution in [0.1, 0.15) is 342 Å². The maximum absolute atomic E-state index is 12.9. The van der Waals surface area contributed by atoms with Crippen LogP contribution in [-0.2, 0) is 28.6 Å². The van der Waals surface area contributed by atoms with Crippen LogP contribution in [-0.4, -0.2) is 37.2 Å². The minimum absolute atomic E-state index is 0.0850. The smallest absolute Gasteiger partial charge is 0.306 e. The lowest BCUT2D eigenvalue weighted by molar-refractivity contribution is -0.167. The number of ether oxygens (including phenoxy) is 3. The molecule has 0 fully saturated rings. The van der Waals surface area contributed by atoms with Gasteiger partial charge >= 0.3 is 17.9 Å². The molecule has 0 aliphatic heterocycles. The van der Waals surface area contributed by atoms with Crippen molar-refractivity contribution in [1.29, 1.82) is 0 Å². The van der Waals surface area contributed by atoms with E-state index in [9.17, 15) is 14.4 Å². The van der Waals surface area contributed by atoms with Gasteiger partial charge in [-0.15, -0.1) is 0 Å². The number of hydrogen-bond donors (Lipinski definition) is 0. The van der Waals surface area contributed by atoms with E-state index in [0.717, 1.165) is 122 Å². The van der Waals surface area contributed by atoms with Gasteiger partial charge in [0.05, 0.1) is 0 Å². The van der Waals surface area contributed by atoms with E-state index in [-0.39, 0.29) is 31.1 Å². The van der Waals surface area contributed by atoms with Gasteiger partial charge in [0.1, 0.15) is 13.2 Å². The van der Waals surface area contributed by atoms with Gasteiger partial charge in [-0.25, -0.2) is 0 Å². The minimum Gasteiger partial charge on any atom is -0.462 e. The van der Waals surface area contributed by atoms with Crippen molar-refractivity contribution in [3.05, 3.63) is 85.1 Å². The van der Waals surface area contributed by atoms with Gasteiger partial charge in [0.25, 0.3) is 0 Å². The Labute approximate surface area is 490 Å². The summed E-state index contributed by atoms with van der Waals surface area (Å²) in [6, 6.07) is 0. The Balaban J connectivity index is 4.29. The maximum atomic E-state index is 12.9. The third kappa shape index (κ3) is 65.3. The molecule has 0 saturated carbocycles. The highest BCUT2D eigenvalue weighted by Gasteiger charge is 2.19. The lowest BCUT2D eigenvalue weighted by Gasteiger charge is -2.18. The highest BCUT2D eigenvalue weighted by Crippen LogP contribution is 2.17. The Bertz CT molecular complexity index is 1500. The normalized spacial score (nSPS) is 12.6. The molecular formula is C73H128O6. The summed E-state index contributed by atoms with van der Waals surface area (Å²) in [6.07, 6.45) is 88.9. The summed E-state index contributed by atoms with van der Waals surface area (Å²) in [5.74, 6) is -0.899. The molecule has 0 aliphatic rings. The van der Waals surface area contributed by atoms with Crippen LogP contribution in [0.5, 0.6) is 0 Å². The van der Waals surface area contributed by atoms with Gasteiger partial charge in [-0.1, -0.05) is 292 Å².